The highest BCUT2D eigenvalue weighted by Gasteiger charge is 2.21. The molecule has 5 heteroatoms. The molecule has 1 aromatic rings. The number of anilines is 2. The molecule has 1 fully saturated rings. The average molecular weight is 249 g/mol. The van der Waals surface area contributed by atoms with Crippen LogP contribution < -0.4 is 10.6 Å². The first-order chi connectivity index (χ1) is 8.81. The van der Waals surface area contributed by atoms with Crippen LogP contribution in [0.25, 0.3) is 0 Å². The highest BCUT2D eigenvalue weighted by atomic mass is 15.2. The fraction of sp³-hybridized carbons (Fsp3) is 0.692. The molecule has 0 saturated carbocycles. The third kappa shape index (κ3) is 3.57. The van der Waals surface area contributed by atoms with Crippen LogP contribution in [0.2, 0.25) is 0 Å². The first-order valence-corrected chi connectivity index (χ1v) is 6.87. The molecule has 0 aliphatic carbocycles. The van der Waals surface area contributed by atoms with Crippen molar-refractivity contribution in [1.29, 1.82) is 0 Å². The van der Waals surface area contributed by atoms with Crippen molar-refractivity contribution in [1.82, 2.24) is 14.9 Å². The largest absolute Gasteiger partial charge is 0.370 e. The Morgan fingerprint density at radius 3 is 3.11 bits per heavy atom. The lowest BCUT2D eigenvalue weighted by atomic mass is 10.3. The number of hydrogen-bond donors (Lipinski definition) is 2. The van der Waals surface area contributed by atoms with Crippen LogP contribution in [0.4, 0.5) is 11.8 Å². The minimum Gasteiger partial charge on any atom is -0.370 e. The molecule has 18 heavy (non-hydrogen) atoms. The van der Waals surface area contributed by atoms with E-state index in [-0.39, 0.29) is 0 Å². The van der Waals surface area contributed by atoms with Crippen LogP contribution in [0.5, 0.6) is 0 Å². The van der Waals surface area contributed by atoms with Crippen molar-refractivity contribution in [3.63, 3.8) is 0 Å². The van der Waals surface area contributed by atoms with Crippen molar-refractivity contribution in [2.24, 2.45) is 0 Å². The van der Waals surface area contributed by atoms with Crippen LogP contribution in [-0.2, 0) is 0 Å². The zero-order valence-electron chi connectivity index (χ0n) is 11.3. The third-order valence-corrected chi connectivity index (χ3v) is 3.16. The van der Waals surface area contributed by atoms with E-state index in [1.807, 2.05) is 6.07 Å². The van der Waals surface area contributed by atoms with E-state index in [0.29, 0.717) is 6.04 Å². The molecule has 0 aromatic carbocycles. The second-order valence-corrected chi connectivity index (χ2v) is 4.73. The Morgan fingerprint density at radius 1 is 1.44 bits per heavy atom. The van der Waals surface area contributed by atoms with Gasteiger partial charge in [0.05, 0.1) is 0 Å². The number of nitrogens with one attached hydrogen (secondary N) is 2. The highest BCUT2D eigenvalue weighted by Crippen LogP contribution is 2.14. The fourth-order valence-electron chi connectivity index (χ4n) is 2.36. The molecule has 1 atom stereocenters. The van der Waals surface area contributed by atoms with E-state index in [1.165, 1.54) is 25.9 Å². The van der Waals surface area contributed by atoms with Crippen molar-refractivity contribution >= 4 is 11.8 Å². The predicted molar refractivity (Wildman–Crippen MR) is 75.0 cm³/mol. The van der Waals surface area contributed by atoms with Gasteiger partial charge >= 0.3 is 0 Å². The van der Waals surface area contributed by atoms with E-state index in [9.17, 15) is 0 Å². The molecule has 1 aliphatic heterocycles. The van der Waals surface area contributed by atoms with E-state index in [1.54, 1.807) is 6.20 Å². The maximum atomic E-state index is 4.45. The molecular formula is C13H23N5. The molecule has 1 aliphatic rings. The maximum Gasteiger partial charge on any atom is 0.224 e. The first kappa shape index (κ1) is 13.1. The second kappa shape index (κ2) is 6.54. The van der Waals surface area contributed by atoms with Crippen molar-refractivity contribution in [3.8, 4) is 0 Å². The summed E-state index contributed by atoms with van der Waals surface area (Å²) in [6.07, 6.45) is 4.19. The Hall–Kier alpha value is -1.36. The molecule has 0 spiro atoms. The standard InChI is InChI=1S/C13H23N5/c1-3-8-18-9-6-11(10-18)16-13-15-7-5-12(17-13)14-4-2/h5,7,11H,3-4,6,8-10H2,1-2H3,(H2,14,15,16,17). The molecule has 1 aromatic heterocycles. The van der Waals surface area contributed by atoms with E-state index < -0.39 is 0 Å². The maximum absolute atomic E-state index is 4.45. The van der Waals surface area contributed by atoms with E-state index in [2.05, 4.69) is 39.3 Å². The molecule has 0 radical (unpaired) electrons. The molecule has 5 nitrogen and oxygen atoms in total. The lowest BCUT2D eigenvalue weighted by Gasteiger charge is -2.15. The van der Waals surface area contributed by atoms with Crippen LogP contribution in [-0.4, -0.2) is 47.1 Å². The van der Waals surface area contributed by atoms with Gasteiger partial charge < -0.3 is 15.5 Å². The van der Waals surface area contributed by atoms with Gasteiger partial charge in [-0.2, -0.15) is 4.98 Å². The van der Waals surface area contributed by atoms with Gasteiger partial charge in [-0.1, -0.05) is 6.92 Å². The smallest absolute Gasteiger partial charge is 0.224 e. The topological polar surface area (TPSA) is 53.1 Å². The summed E-state index contributed by atoms with van der Waals surface area (Å²) in [4.78, 5) is 11.2. The van der Waals surface area contributed by atoms with Crippen molar-refractivity contribution in [2.45, 2.75) is 32.7 Å². The van der Waals surface area contributed by atoms with Crippen LogP contribution in [0.15, 0.2) is 12.3 Å². The molecule has 100 valence electrons. The SMILES string of the molecule is CCCN1CCC(Nc2nccc(NCC)n2)C1. The van der Waals surface area contributed by atoms with Crippen LogP contribution >= 0.6 is 0 Å². The Labute approximate surface area is 109 Å². The second-order valence-electron chi connectivity index (χ2n) is 4.73. The molecule has 0 amide bonds. The summed E-state index contributed by atoms with van der Waals surface area (Å²) in [5.41, 5.74) is 0. The monoisotopic (exact) mass is 249 g/mol. The summed E-state index contributed by atoms with van der Waals surface area (Å²) < 4.78 is 0. The summed E-state index contributed by atoms with van der Waals surface area (Å²) in [5.74, 6) is 1.62. The first-order valence-electron chi connectivity index (χ1n) is 6.87. The molecule has 2 N–H and O–H groups in total. The van der Waals surface area contributed by atoms with Crippen LogP contribution in [0, 0.1) is 0 Å². The number of nitrogens with zero attached hydrogens (tertiary/aromatic N) is 3. The molecule has 2 rings (SSSR count). The summed E-state index contributed by atoms with van der Waals surface area (Å²) in [6, 6.07) is 2.38. The van der Waals surface area contributed by atoms with Gasteiger partial charge in [-0.3, -0.25) is 0 Å². The lowest BCUT2D eigenvalue weighted by molar-refractivity contribution is 0.337. The quantitative estimate of drug-likeness (QED) is 0.805. The van der Waals surface area contributed by atoms with E-state index in [0.717, 1.165) is 24.9 Å². The number of likely N-dealkylation sites (tertiary alicyclic amines) is 1. The number of hydrogen-bond acceptors (Lipinski definition) is 5. The van der Waals surface area contributed by atoms with Crippen molar-refractivity contribution < 1.29 is 0 Å². The van der Waals surface area contributed by atoms with Crippen LogP contribution in [0.1, 0.15) is 26.7 Å². The van der Waals surface area contributed by atoms with Gasteiger partial charge in [0.15, 0.2) is 0 Å². The summed E-state index contributed by atoms with van der Waals surface area (Å²) in [6.45, 7) is 8.64. The van der Waals surface area contributed by atoms with Crippen molar-refractivity contribution in [2.75, 3.05) is 36.8 Å². The summed E-state index contributed by atoms with van der Waals surface area (Å²) in [5, 5.41) is 6.62. The Bertz CT molecular complexity index is 368. The van der Waals surface area contributed by atoms with E-state index in [4.69, 9.17) is 0 Å². The average Bonchev–Trinajstić information content (AvgIpc) is 2.78. The minimum atomic E-state index is 0.480. The van der Waals surface area contributed by atoms with Crippen molar-refractivity contribution in [3.05, 3.63) is 12.3 Å². The minimum absolute atomic E-state index is 0.480. The van der Waals surface area contributed by atoms with Gasteiger partial charge in [0.2, 0.25) is 5.95 Å². The predicted octanol–water partition coefficient (Wildman–Crippen LogP) is 1.80. The zero-order chi connectivity index (χ0) is 12.8. The Morgan fingerprint density at radius 2 is 2.33 bits per heavy atom. The van der Waals surface area contributed by atoms with Gasteiger partial charge in [-0.15, -0.1) is 0 Å². The molecule has 1 saturated heterocycles. The third-order valence-electron chi connectivity index (χ3n) is 3.16. The van der Waals surface area contributed by atoms with Gasteiger partial charge in [-0.25, -0.2) is 4.98 Å². The summed E-state index contributed by atoms with van der Waals surface area (Å²) >= 11 is 0. The van der Waals surface area contributed by atoms with Gasteiger partial charge in [0, 0.05) is 31.9 Å². The number of aromatic nitrogens is 2. The zero-order valence-corrected chi connectivity index (χ0v) is 11.3. The molecule has 0 bridgehead atoms. The molecular weight excluding hydrogens is 226 g/mol. The van der Waals surface area contributed by atoms with Gasteiger partial charge in [0.25, 0.3) is 0 Å². The highest BCUT2D eigenvalue weighted by molar-refractivity contribution is 5.39. The lowest BCUT2D eigenvalue weighted by Crippen LogP contribution is -2.27. The normalized spacial score (nSPS) is 20.0. The van der Waals surface area contributed by atoms with Gasteiger partial charge in [0.1, 0.15) is 5.82 Å². The fourth-order valence-corrected chi connectivity index (χ4v) is 2.36. The van der Waals surface area contributed by atoms with Gasteiger partial charge in [-0.05, 0) is 32.4 Å². The Kier molecular flexibility index (Phi) is 4.75. The molecule has 1 unspecified atom stereocenters. The molecule has 2 heterocycles. The van der Waals surface area contributed by atoms with E-state index >= 15 is 0 Å². The Balaban J connectivity index is 1.88. The number of rotatable bonds is 6. The van der Waals surface area contributed by atoms with Crippen LogP contribution in [0.3, 0.4) is 0 Å². The summed E-state index contributed by atoms with van der Waals surface area (Å²) in [7, 11) is 0.